The van der Waals surface area contributed by atoms with Crippen molar-refractivity contribution in [1.82, 2.24) is 0 Å². The van der Waals surface area contributed by atoms with Gasteiger partial charge in [0.1, 0.15) is 5.82 Å². The van der Waals surface area contributed by atoms with Gasteiger partial charge in [-0.25, -0.2) is 4.39 Å². The Bertz CT molecular complexity index is 606. The normalized spacial score (nSPS) is 10.2. The van der Waals surface area contributed by atoms with Crippen LogP contribution in [0.25, 0.3) is 0 Å². The molecule has 0 aliphatic rings. The Morgan fingerprint density at radius 2 is 1.80 bits per heavy atom. The van der Waals surface area contributed by atoms with Crippen LogP contribution in [0.5, 0.6) is 0 Å². The second kappa shape index (κ2) is 5.92. The maximum Gasteiger partial charge on any atom is 0.260 e. The van der Waals surface area contributed by atoms with Crippen LogP contribution in [0, 0.1) is 5.82 Å². The summed E-state index contributed by atoms with van der Waals surface area (Å²) in [6.07, 6.45) is 0. The Balaban J connectivity index is 2.19. The minimum Gasteiger partial charge on any atom is -0.378 e. The average Bonchev–Trinajstić information content (AvgIpc) is 2.39. The topological polar surface area (TPSA) is 32.3 Å². The maximum absolute atomic E-state index is 13.6. The number of rotatable bonds is 3. The van der Waals surface area contributed by atoms with Gasteiger partial charge in [-0.1, -0.05) is 17.7 Å². The molecule has 0 aromatic heterocycles. The second-order valence-electron chi connectivity index (χ2n) is 4.49. The minimum atomic E-state index is -0.639. The molecule has 0 spiro atoms. The molecule has 0 radical (unpaired) electrons. The van der Waals surface area contributed by atoms with Crippen molar-refractivity contribution < 1.29 is 9.18 Å². The zero-order valence-electron chi connectivity index (χ0n) is 11.2. The second-order valence-corrected chi connectivity index (χ2v) is 4.90. The number of halogens is 2. The molecule has 20 heavy (non-hydrogen) atoms. The monoisotopic (exact) mass is 292 g/mol. The predicted octanol–water partition coefficient (Wildman–Crippen LogP) is 3.80. The van der Waals surface area contributed by atoms with E-state index in [1.165, 1.54) is 18.2 Å². The molecule has 5 heteroatoms. The largest absolute Gasteiger partial charge is 0.378 e. The number of carbonyl (C=O) groups excluding carboxylic acids is 1. The Hall–Kier alpha value is -2.07. The van der Waals surface area contributed by atoms with E-state index in [1.807, 2.05) is 31.1 Å². The Labute approximate surface area is 122 Å². The SMILES string of the molecule is CN(C)c1ccc(NC(=O)c2c(F)cccc2Cl)cc1. The van der Waals surface area contributed by atoms with E-state index < -0.39 is 11.7 Å². The van der Waals surface area contributed by atoms with Crippen molar-refractivity contribution in [2.45, 2.75) is 0 Å². The molecule has 0 bridgehead atoms. The molecule has 0 fully saturated rings. The summed E-state index contributed by atoms with van der Waals surface area (Å²) in [6, 6.07) is 11.4. The van der Waals surface area contributed by atoms with Crippen molar-refractivity contribution in [3.05, 3.63) is 58.9 Å². The molecule has 0 saturated heterocycles. The van der Waals surface area contributed by atoms with Crippen LogP contribution in [0.1, 0.15) is 10.4 Å². The van der Waals surface area contributed by atoms with Gasteiger partial charge in [-0.15, -0.1) is 0 Å². The highest BCUT2D eigenvalue weighted by molar-refractivity contribution is 6.34. The highest BCUT2D eigenvalue weighted by atomic mass is 35.5. The number of nitrogens with zero attached hydrogens (tertiary/aromatic N) is 1. The summed E-state index contributed by atoms with van der Waals surface area (Å²) in [4.78, 5) is 14.0. The quantitative estimate of drug-likeness (QED) is 0.933. The van der Waals surface area contributed by atoms with Gasteiger partial charge in [-0.05, 0) is 36.4 Å². The van der Waals surface area contributed by atoms with Crippen molar-refractivity contribution in [3.8, 4) is 0 Å². The third-order valence-electron chi connectivity index (χ3n) is 2.83. The molecule has 2 aromatic carbocycles. The van der Waals surface area contributed by atoms with Crippen molar-refractivity contribution in [3.63, 3.8) is 0 Å². The van der Waals surface area contributed by atoms with Crippen LogP contribution in [-0.2, 0) is 0 Å². The van der Waals surface area contributed by atoms with Crippen molar-refractivity contribution in [1.29, 1.82) is 0 Å². The van der Waals surface area contributed by atoms with Gasteiger partial charge in [0.2, 0.25) is 0 Å². The summed E-state index contributed by atoms with van der Waals surface area (Å²) in [6.45, 7) is 0. The highest BCUT2D eigenvalue weighted by Crippen LogP contribution is 2.21. The summed E-state index contributed by atoms with van der Waals surface area (Å²) in [5.41, 5.74) is 1.44. The van der Waals surface area contributed by atoms with Gasteiger partial charge in [0.15, 0.2) is 0 Å². The number of benzene rings is 2. The first kappa shape index (κ1) is 14.3. The fourth-order valence-corrected chi connectivity index (χ4v) is 2.00. The lowest BCUT2D eigenvalue weighted by molar-refractivity contribution is 0.102. The van der Waals surface area contributed by atoms with Crippen LogP contribution in [-0.4, -0.2) is 20.0 Å². The van der Waals surface area contributed by atoms with Gasteiger partial charge in [0, 0.05) is 25.5 Å². The van der Waals surface area contributed by atoms with Gasteiger partial charge in [0.25, 0.3) is 5.91 Å². The zero-order chi connectivity index (χ0) is 14.7. The van der Waals surface area contributed by atoms with Crippen LogP contribution in [0.2, 0.25) is 5.02 Å². The molecule has 0 aliphatic carbocycles. The lowest BCUT2D eigenvalue weighted by Gasteiger charge is -2.13. The molecule has 2 rings (SSSR count). The van der Waals surface area contributed by atoms with E-state index in [4.69, 9.17) is 11.6 Å². The van der Waals surface area contributed by atoms with E-state index in [9.17, 15) is 9.18 Å². The molecule has 2 aromatic rings. The Morgan fingerprint density at radius 1 is 1.15 bits per heavy atom. The van der Waals surface area contributed by atoms with Gasteiger partial charge in [-0.2, -0.15) is 0 Å². The maximum atomic E-state index is 13.6. The molecule has 1 amide bonds. The van der Waals surface area contributed by atoms with E-state index in [0.717, 1.165) is 5.69 Å². The van der Waals surface area contributed by atoms with E-state index in [2.05, 4.69) is 5.32 Å². The summed E-state index contributed by atoms with van der Waals surface area (Å²) in [5, 5.41) is 2.71. The highest BCUT2D eigenvalue weighted by Gasteiger charge is 2.15. The van der Waals surface area contributed by atoms with Crippen LogP contribution >= 0.6 is 11.6 Å². The minimum absolute atomic E-state index is 0.0902. The smallest absolute Gasteiger partial charge is 0.260 e. The van der Waals surface area contributed by atoms with Gasteiger partial charge in [0.05, 0.1) is 10.6 Å². The Morgan fingerprint density at radius 3 is 2.35 bits per heavy atom. The van der Waals surface area contributed by atoms with E-state index in [1.54, 1.807) is 12.1 Å². The summed E-state index contributed by atoms with van der Waals surface area (Å²) >= 11 is 5.85. The fourth-order valence-electron chi connectivity index (χ4n) is 1.75. The molecule has 0 saturated carbocycles. The van der Waals surface area contributed by atoms with E-state index in [-0.39, 0.29) is 10.6 Å². The van der Waals surface area contributed by atoms with Gasteiger partial charge >= 0.3 is 0 Å². The first-order valence-electron chi connectivity index (χ1n) is 6.02. The average molecular weight is 293 g/mol. The molecule has 0 heterocycles. The molecular formula is C15H14ClFN2O. The summed E-state index contributed by atoms with van der Waals surface area (Å²) in [7, 11) is 3.85. The van der Waals surface area contributed by atoms with Crippen molar-refractivity contribution >= 4 is 28.9 Å². The first-order valence-corrected chi connectivity index (χ1v) is 6.39. The third kappa shape index (κ3) is 3.08. The van der Waals surface area contributed by atoms with Gasteiger partial charge < -0.3 is 10.2 Å². The molecular weight excluding hydrogens is 279 g/mol. The van der Waals surface area contributed by atoms with Crippen LogP contribution in [0.4, 0.5) is 15.8 Å². The number of nitrogens with one attached hydrogen (secondary N) is 1. The lowest BCUT2D eigenvalue weighted by atomic mass is 10.2. The van der Waals surface area contributed by atoms with E-state index in [0.29, 0.717) is 5.69 Å². The zero-order valence-corrected chi connectivity index (χ0v) is 11.9. The molecule has 0 unspecified atom stereocenters. The number of amides is 1. The van der Waals surface area contributed by atoms with E-state index >= 15 is 0 Å². The number of hydrogen-bond donors (Lipinski definition) is 1. The summed E-state index contributed by atoms with van der Waals surface area (Å²) in [5.74, 6) is -1.20. The van der Waals surface area contributed by atoms with Crippen molar-refractivity contribution in [2.75, 3.05) is 24.3 Å². The van der Waals surface area contributed by atoms with Crippen LogP contribution < -0.4 is 10.2 Å². The molecule has 3 nitrogen and oxygen atoms in total. The third-order valence-corrected chi connectivity index (χ3v) is 3.15. The molecule has 1 N–H and O–H groups in total. The Kier molecular flexibility index (Phi) is 4.25. The molecule has 0 aliphatic heterocycles. The van der Waals surface area contributed by atoms with Crippen molar-refractivity contribution in [2.24, 2.45) is 0 Å². The number of hydrogen-bond acceptors (Lipinski definition) is 2. The lowest BCUT2D eigenvalue weighted by Crippen LogP contribution is -2.14. The fraction of sp³-hybridized carbons (Fsp3) is 0.133. The number of anilines is 2. The number of carbonyl (C=O) groups is 1. The molecule has 104 valence electrons. The molecule has 0 atom stereocenters. The first-order chi connectivity index (χ1) is 9.49. The van der Waals surface area contributed by atoms with Crippen LogP contribution in [0.3, 0.4) is 0 Å². The van der Waals surface area contributed by atoms with Crippen LogP contribution in [0.15, 0.2) is 42.5 Å². The van der Waals surface area contributed by atoms with Gasteiger partial charge in [-0.3, -0.25) is 4.79 Å². The summed E-state index contributed by atoms with van der Waals surface area (Å²) < 4.78 is 13.6. The standard InChI is InChI=1S/C15H14ClFN2O/c1-19(2)11-8-6-10(7-9-11)18-15(20)14-12(16)4-3-5-13(14)17/h3-9H,1-2H3,(H,18,20). The predicted molar refractivity (Wildman–Crippen MR) is 80.1 cm³/mol.